The van der Waals surface area contributed by atoms with Crippen molar-refractivity contribution in [2.75, 3.05) is 5.32 Å². The van der Waals surface area contributed by atoms with Crippen molar-refractivity contribution in [1.29, 1.82) is 0 Å². The summed E-state index contributed by atoms with van der Waals surface area (Å²) in [4.78, 5) is 16.4. The number of carbonyl (C=O) groups is 1. The SMILES string of the molecule is Cc1c(Cl)cccc1NC(=O)CCc1nc(-c2ccc(Cl)cc2)no1. The van der Waals surface area contributed by atoms with Gasteiger partial charge in [0, 0.05) is 34.1 Å². The van der Waals surface area contributed by atoms with Crippen LogP contribution in [0.25, 0.3) is 11.4 Å². The minimum atomic E-state index is -0.142. The Hall–Kier alpha value is -2.37. The first-order valence-electron chi connectivity index (χ1n) is 7.66. The van der Waals surface area contributed by atoms with Gasteiger partial charge in [0.05, 0.1) is 0 Å². The van der Waals surface area contributed by atoms with Gasteiger partial charge >= 0.3 is 0 Å². The van der Waals surface area contributed by atoms with E-state index < -0.39 is 0 Å². The summed E-state index contributed by atoms with van der Waals surface area (Å²) in [5.74, 6) is 0.734. The zero-order chi connectivity index (χ0) is 17.8. The van der Waals surface area contributed by atoms with Crippen LogP contribution in [0.3, 0.4) is 0 Å². The molecular formula is C18H15Cl2N3O2. The standard InChI is InChI=1S/C18H15Cl2N3O2/c1-11-14(20)3-2-4-15(11)21-16(24)9-10-17-22-18(23-25-17)12-5-7-13(19)8-6-12/h2-8H,9-10H2,1H3,(H,21,24). The van der Waals surface area contributed by atoms with Gasteiger partial charge in [-0.3, -0.25) is 4.79 Å². The molecule has 3 rings (SSSR count). The number of nitrogens with one attached hydrogen (secondary N) is 1. The van der Waals surface area contributed by atoms with Crippen LogP contribution >= 0.6 is 23.2 Å². The molecule has 0 atom stereocenters. The van der Waals surface area contributed by atoms with Crippen LogP contribution in [0.2, 0.25) is 10.0 Å². The molecule has 5 nitrogen and oxygen atoms in total. The molecule has 25 heavy (non-hydrogen) atoms. The quantitative estimate of drug-likeness (QED) is 0.686. The van der Waals surface area contributed by atoms with Gasteiger partial charge in [0.2, 0.25) is 17.6 Å². The summed E-state index contributed by atoms with van der Waals surface area (Å²) in [5, 5.41) is 8.02. The van der Waals surface area contributed by atoms with Gasteiger partial charge < -0.3 is 9.84 Å². The van der Waals surface area contributed by atoms with Crippen LogP contribution < -0.4 is 5.32 Å². The lowest BCUT2D eigenvalue weighted by molar-refractivity contribution is -0.116. The van der Waals surface area contributed by atoms with E-state index >= 15 is 0 Å². The Morgan fingerprint density at radius 1 is 1.16 bits per heavy atom. The normalized spacial score (nSPS) is 10.7. The number of amides is 1. The van der Waals surface area contributed by atoms with Gasteiger partial charge in [-0.1, -0.05) is 34.4 Å². The Bertz CT molecular complexity index is 892. The Labute approximate surface area is 155 Å². The summed E-state index contributed by atoms with van der Waals surface area (Å²) < 4.78 is 5.20. The number of carbonyl (C=O) groups excluding carboxylic acids is 1. The monoisotopic (exact) mass is 375 g/mol. The predicted molar refractivity (Wildman–Crippen MR) is 97.9 cm³/mol. The van der Waals surface area contributed by atoms with Gasteiger partial charge in [0.25, 0.3) is 0 Å². The van der Waals surface area contributed by atoms with Crippen LogP contribution in [0.4, 0.5) is 5.69 Å². The molecule has 0 aliphatic heterocycles. The molecule has 0 radical (unpaired) electrons. The summed E-state index contributed by atoms with van der Waals surface area (Å²) in [6.07, 6.45) is 0.584. The third-order valence-corrected chi connectivity index (χ3v) is 4.34. The molecule has 0 bridgehead atoms. The predicted octanol–water partition coefficient (Wildman–Crippen LogP) is 4.92. The molecule has 0 saturated carbocycles. The molecule has 1 aromatic heterocycles. The van der Waals surface area contributed by atoms with E-state index in [1.165, 1.54) is 0 Å². The van der Waals surface area contributed by atoms with Crippen molar-refractivity contribution in [2.45, 2.75) is 19.8 Å². The Kier molecular flexibility index (Phi) is 5.36. The number of benzene rings is 2. The maximum absolute atomic E-state index is 12.1. The number of halogens is 2. The molecule has 0 aliphatic rings. The number of aromatic nitrogens is 2. The highest BCUT2D eigenvalue weighted by molar-refractivity contribution is 6.31. The fourth-order valence-electron chi connectivity index (χ4n) is 2.25. The van der Waals surface area contributed by atoms with E-state index in [9.17, 15) is 4.79 Å². The average molecular weight is 376 g/mol. The molecule has 1 heterocycles. The van der Waals surface area contributed by atoms with Gasteiger partial charge in [0.1, 0.15) is 0 Å². The molecule has 0 fully saturated rings. The highest BCUT2D eigenvalue weighted by atomic mass is 35.5. The van der Waals surface area contributed by atoms with Crippen molar-refractivity contribution in [1.82, 2.24) is 10.1 Å². The maximum atomic E-state index is 12.1. The summed E-state index contributed by atoms with van der Waals surface area (Å²) in [6, 6.07) is 12.5. The lowest BCUT2D eigenvalue weighted by Gasteiger charge is -2.08. The van der Waals surface area contributed by atoms with Crippen LogP contribution in [-0.4, -0.2) is 16.0 Å². The zero-order valence-corrected chi connectivity index (χ0v) is 14.9. The van der Waals surface area contributed by atoms with Gasteiger partial charge in [-0.15, -0.1) is 0 Å². The minimum Gasteiger partial charge on any atom is -0.339 e. The first kappa shape index (κ1) is 17.5. The minimum absolute atomic E-state index is 0.142. The summed E-state index contributed by atoms with van der Waals surface area (Å²) >= 11 is 11.9. The molecule has 7 heteroatoms. The fraction of sp³-hybridized carbons (Fsp3) is 0.167. The third-order valence-electron chi connectivity index (χ3n) is 3.68. The first-order valence-corrected chi connectivity index (χ1v) is 8.42. The van der Waals surface area contributed by atoms with E-state index in [1.807, 2.05) is 25.1 Å². The molecule has 0 unspecified atom stereocenters. The van der Waals surface area contributed by atoms with E-state index in [2.05, 4.69) is 15.5 Å². The number of hydrogen-bond donors (Lipinski definition) is 1. The Balaban J connectivity index is 1.59. The number of hydrogen-bond acceptors (Lipinski definition) is 4. The molecule has 1 N–H and O–H groups in total. The van der Waals surface area contributed by atoms with Crippen molar-refractivity contribution in [3.05, 3.63) is 64.0 Å². The smallest absolute Gasteiger partial charge is 0.227 e. The van der Waals surface area contributed by atoms with Gasteiger partial charge in [-0.2, -0.15) is 4.98 Å². The molecule has 1 amide bonds. The van der Waals surface area contributed by atoms with E-state index in [-0.39, 0.29) is 12.3 Å². The second kappa shape index (κ2) is 7.68. The molecule has 0 aliphatic carbocycles. The lowest BCUT2D eigenvalue weighted by atomic mass is 10.2. The van der Waals surface area contributed by atoms with Crippen molar-refractivity contribution < 1.29 is 9.32 Å². The van der Waals surface area contributed by atoms with Gasteiger partial charge in [-0.25, -0.2) is 0 Å². The highest BCUT2D eigenvalue weighted by Gasteiger charge is 2.12. The van der Waals surface area contributed by atoms with Crippen LogP contribution in [0.5, 0.6) is 0 Å². The number of rotatable bonds is 5. The molecule has 0 spiro atoms. The number of nitrogens with zero attached hydrogens (tertiary/aromatic N) is 2. The average Bonchev–Trinajstić information content (AvgIpc) is 3.07. The summed E-state index contributed by atoms with van der Waals surface area (Å²) in [5.41, 5.74) is 2.34. The summed E-state index contributed by atoms with van der Waals surface area (Å²) in [6.45, 7) is 1.86. The molecule has 0 saturated heterocycles. The van der Waals surface area contributed by atoms with Crippen LogP contribution in [0.1, 0.15) is 17.9 Å². The van der Waals surface area contributed by atoms with Crippen LogP contribution in [0, 0.1) is 6.92 Å². The Morgan fingerprint density at radius 3 is 2.68 bits per heavy atom. The molecule has 2 aromatic carbocycles. The molecule has 128 valence electrons. The molecular weight excluding hydrogens is 361 g/mol. The fourth-order valence-corrected chi connectivity index (χ4v) is 2.55. The second-order valence-electron chi connectivity index (χ2n) is 5.48. The van der Waals surface area contributed by atoms with Crippen LogP contribution in [0.15, 0.2) is 47.0 Å². The largest absolute Gasteiger partial charge is 0.339 e. The van der Waals surface area contributed by atoms with E-state index in [1.54, 1.807) is 24.3 Å². The zero-order valence-electron chi connectivity index (χ0n) is 13.4. The van der Waals surface area contributed by atoms with Crippen LogP contribution in [-0.2, 0) is 11.2 Å². The highest BCUT2D eigenvalue weighted by Crippen LogP contribution is 2.23. The van der Waals surface area contributed by atoms with Crippen molar-refractivity contribution in [3.8, 4) is 11.4 Å². The summed E-state index contributed by atoms with van der Waals surface area (Å²) in [7, 11) is 0. The second-order valence-corrected chi connectivity index (χ2v) is 6.32. The Morgan fingerprint density at radius 2 is 1.92 bits per heavy atom. The van der Waals surface area contributed by atoms with Gasteiger partial charge in [-0.05, 0) is 48.9 Å². The topological polar surface area (TPSA) is 68.0 Å². The molecule has 3 aromatic rings. The van der Waals surface area contributed by atoms with Crippen molar-refractivity contribution in [2.24, 2.45) is 0 Å². The number of aryl methyl sites for hydroxylation is 1. The van der Waals surface area contributed by atoms with E-state index in [0.29, 0.717) is 33.9 Å². The van der Waals surface area contributed by atoms with Crippen molar-refractivity contribution in [3.63, 3.8) is 0 Å². The van der Waals surface area contributed by atoms with Crippen molar-refractivity contribution >= 4 is 34.8 Å². The van der Waals surface area contributed by atoms with E-state index in [0.717, 1.165) is 11.1 Å². The van der Waals surface area contributed by atoms with Gasteiger partial charge in [0.15, 0.2) is 0 Å². The third kappa shape index (κ3) is 4.38. The number of anilines is 1. The van der Waals surface area contributed by atoms with E-state index in [4.69, 9.17) is 27.7 Å². The maximum Gasteiger partial charge on any atom is 0.227 e. The first-order chi connectivity index (χ1) is 12.0. The lowest BCUT2D eigenvalue weighted by Crippen LogP contribution is -2.13.